The van der Waals surface area contributed by atoms with Crippen LogP contribution in [-0.2, 0) is 14.3 Å². The van der Waals surface area contributed by atoms with E-state index in [4.69, 9.17) is 9.47 Å². The Labute approximate surface area is 145 Å². The minimum Gasteiger partial charge on any atom is -0.432 e. The zero-order valence-corrected chi connectivity index (χ0v) is 15.0. The van der Waals surface area contributed by atoms with Gasteiger partial charge in [-0.05, 0) is 25.8 Å². The highest BCUT2D eigenvalue weighted by atomic mass is 16.7. The third kappa shape index (κ3) is 3.09. The Morgan fingerprint density at radius 3 is 2.71 bits per heavy atom. The van der Waals surface area contributed by atoms with Crippen molar-refractivity contribution >= 4 is 5.97 Å². The fourth-order valence-corrected chi connectivity index (χ4v) is 4.21. The van der Waals surface area contributed by atoms with Crippen molar-refractivity contribution in [2.24, 2.45) is 11.8 Å². The zero-order chi connectivity index (χ0) is 17.2. The molecule has 3 rings (SSSR count). The van der Waals surface area contributed by atoms with E-state index in [1.54, 1.807) is 0 Å². The third-order valence-electron chi connectivity index (χ3n) is 5.59. The fourth-order valence-electron chi connectivity index (χ4n) is 4.21. The van der Waals surface area contributed by atoms with Gasteiger partial charge in [0.05, 0.1) is 11.8 Å². The Kier molecular flexibility index (Phi) is 5.26. The number of carbonyl (C=O) groups is 1. The van der Waals surface area contributed by atoms with Crippen molar-refractivity contribution in [3.05, 3.63) is 35.9 Å². The molecule has 0 bridgehead atoms. The van der Waals surface area contributed by atoms with Crippen LogP contribution in [0.3, 0.4) is 0 Å². The van der Waals surface area contributed by atoms with E-state index in [2.05, 4.69) is 43.0 Å². The quantitative estimate of drug-likeness (QED) is 0.713. The van der Waals surface area contributed by atoms with Gasteiger partial charge in [-0.2, -0.15) is 0 Å². The maximum atomic E-state index is 12.5. The van der Waals surface area contributed by atoms with E-state index in [9.17, 15) is 4.79 Å². The molecular weight excluding hydrogens is 302 g/mol. The van der Waals surface area contributed by atoms with Crippen LogP contribution >= 0.6 is 0 Å². The maximum Gasteiger partial charge on any atom is 0.313 e. The summed E-state index contributed by atoms with van der Waals surface area (Å²) in [6.07, 6.45) is 2.90. The van der Waals surface area contributed by atoms with Gasteiger partial charge in [0.2, 0.25) is 5.79 Å². The summed E-state index contributed by atoms with van der Waals surface area (Å²) in [6, 6.07) is 10.8. The Bertz CT molecular complexity index is 561. The molecule has 0 unspecified atom stereocenters. The molecule has 4 nitrogen and oxygen atoms in total. The van der Waals surface area contributed by atoms with Crippen LogP contribution in [0.15, 0.2) is 30.3 Å². The van der Waals surface area contributed by atoms with Gasteiger partial charge in [0.15, 0.2) is 0 Å². The van der Waals surface area contributed by atoms with E-state index in [0.29, 0.717) is 12.6 Å². The van der Waals surface area contributed by atoms with E-state index in [-0.39, 0.29) is 17.8 Å². The third-order valence-corrected chi connectivity index (χ3v) is 5.59. The molecule has 0 aromatic heterocycles. The molecule has 2 aliphatic rings. The number of unbranched alkanes of at least 4 members (excludes halogenated alkanes) is 1. The van der Waals surface area contributed by atoms with Gasteiger partial charge >= 0.3 is 5.97 Å². The number of benzene rings is 1. The number of likely N-dealkylation sites (tertiary alicyclic amines) is 1. The first-order valence-corrected chi connectivity index (χ1v) is 9.27. The van der Waals surface area contributed by atoms with Crippen molar-refractivity contribution in [3.8, 4) is 0 Å². The van der Waals surface area contributed by atoms with Gasteiger partial charge < -0.3 is 9.47 Å². The molecule has 1 aromatic carbocycles. The number of hydrogen-bond acceptors (Lipinski definition) is 4. The normalized spacial score (nSPS) is 31.0. The highest BCUT2D eigenvalue weighted by molar-refractivity contribution is 5.76. The lowest BCUT2D eigenvalue weighted by molar-refractivity contribution is -0.231. The summed E-state index contributed by atoms with van der Waals surface area (Å²) in [7, 11) is 0. The molecule has 2 aliphatic heterocycles. The summed E-state index contributed by atoms with van der Waals surface area (Å²) in [5.74, 6) is -0.702. The lowest BCUT2D eigenvalue weighted by Crippen LogP contribution is -2.42. The molecule has 0 radical (unpaired) electrons. The smallest absolute Gasteiger partial charge is 0.313 e. The predicted molar refractivity (Wildman–Crippen MR) is 93.4 cm³/mol. The van der Waals surface area contributed by atoms with Gasteiger partial charge in [-0.3, -0.25) is 9.69 Å². The number of esters is 1. The average molecular weight is 331 g/mol. The number of hydrogen-bond donors (Lipinski definition) is 0. The summed E-state index contributed by atoms with van der Waals surface area (Å²) in [5.41, 5.74) is 1.29. The van der Waals surface area contributed by atoms with E-state index in [1.807, 2.05) is 13.0 Å². The van der Waals surface area contributed by atoms with E-state index in [1.165, 1.54) is 5.56 Å². The first kappa shape index (κ1) is 17.4. The number of fused-ring (bicyclic) bond motifs is 1. The van der Waals surface area contributed by atoms with Crippen LogP contribution in [-0.4, -0.2) is 36.4 Å². The summed E-state index contributed by atoms with van der Waals surface area (Å²) in [5, 5.41) is 0. The molecule has 4 atom stereocenters. The number of ether oxygens (including phenoxy) is 2. The minimum atomic E-state index is -0.711. The van der Waals surface area contributed by atoms with E-state index < -0.39 is 5.79 Å². The largest absolute Gasteiger partial charge is 0.432 e. The second-order valence-corrected chi connectivity index (χ2v) is 7.02. The molecule has 2 heterocycles. The van der Waals surface area contributed by atoms with Gasteiger partial charge in [0.1, 0.15) is 0 Å². The van der Waals surface area contributed by atoms with Crippen molar-refractivity contribution in [1.29, 1.82) is 0 Å². The highest BCUT2D eigenvalue weighted by Crippen LogP contribution is 2.47. The van der Waals surface area contributed by atoms with Crippen LogP contribution in [0.5, 0.6) is 0 Å². The summed E-state index contributed by atoms with van der Waals surface area (Å²) < 4.78 is 11.8. The van der Waals surface area contributed by atoms with Crippen molar-refractivity contribution in [2.75, 3.05) is 19.7 Å². The van der Waals surface area contributed by atoms with Crippen LogP contribution in [0.4, 0.5) is 0 Å². The minimum absolute atomic E-state index is 0.0560. The molecule has 0 saturated carbocycles. The topological polar surface area (TPSA) is 38.8 Å². The van der Waals surface area contributed by atoms with Crippen LogP contribution in [0.2, 0.25) is 0 Å². The van der Waals surface area contributed by atoms with Crippen molar-refractivity contribution in [2.45, 2.75) is 51.9 Å². The highest BCUT2D eigenvalue weighted by Gasteiger charge is 2.60. The molecule has 24 heavy (non-hydrogen) atoms. The predicted octanol–water partition coefficient (Wildman–Crippen LogP) is 3.78. The second-order valence-electron chi connectivity index (χ2n) is 7.02. The van der Waals surface area contributed by atoms with Crippen molar-refractivity contribution in [3.63, 3.8) is 0 Å². The molecule has 4 heteroatoms. The lowest BCUT2D eigenvalue weighted by Gasteiger charge is -2.34. The first-order chi connectivity index (χ1) is 11.6. The monoisotopic (exact) mass is 331 g/mol. The molecule has 2 saturated heterocycles. The molecule has 0 N–H and O–H groups in total. The van der Waals surface area contributed by atoms with Gasteiger partial charge in [0, 0.05) is 32.2 Å². The van der Waals surface area contributed by atoms with Crippen molar-refractivity contribution in [1.82, 2.24) is 4.90 Å². The number of rotatable bonds is 7. The molecule has 0 amide bonds. The Morgan fingerprint density at radius 2 is 2.04 bits per heavy atom. The first-order valence-electron chi connectivity index (χ1n) is 9.27. The molecule has 132 valence electrons. The Balaban J connectivity index is 1.78. The summed E-state index contributed by atoms with van der Waals surface area (Å²) in [6.45, 7) is 8.56. The number of nitrogens with zero attached hydrogens (tertiary/aromatic N) is 1. The van der Waals surface area contributed by atoms with Crippen LogP contribution < -0.4 is 0 Å². The van der Waals surface area contributed by atoms with Crippen molar-refractivity contribution < 1.29 is 14.3 Å². The zero-order valence-electron chi connectivity index (χ0n) is 15.0. The Morgan fingerprint density at radius 1 is 1.29 bits per heavy atom. The number of carbonyl (C=O) groups excluding carboxylic acids is 1. The molecule has 0 aliphatic carbocycles. The lowest BCUT2D eigenvalue weighted by atomic mass is 9.88. The summed E-state index contributed by atoms with van der Waals surface area (Å²) in [4.78, 5) is 14.9. The van der Waals surface area contributed by atoms with Gasteiger partial charge in [0.25, 0.3) is 0 Å². The fraction of sp³-hybridized carbons (Fsp3) is 0.650. The van der Waals surface area contributed by atoms with E-state index >= 15 is 0 Å². The summed E-state index contributed by atoms with van der Waals surface area (Å²) >= 11 is 0. The Hall–Kier alpha value is -1.39. The molecule has 0 spiro atoms. The van der Waals surface area contributed by atoms with Crippen LogP contribution in [0.25, 0.3) is 0 Å². The van der Waals surface area contributed by atoms with Gasteiger partial charge in [-0.1, -0.05) is 43.7 Å². The van der Waals surface area contributed by atoms with E-state index in [0.717, 1.165) is 32.4 Å². The SMILES string of the molecule is CCCC[C@]1(OCC)OC(=O)[C@@H]2CN([C@@H](C)c3ccccc3)C[C@@H]21. The standard InChI is InChI=1S/C20H29NO3/c1-4-6-12-20(23-5-2)18-14-21(13-17(18)19(22)24-20)15(3)16-10-8-7-9-11-16/h7-11,15,17-18H,4-6,12-14H2,1-3H3/t15-,17+,18-,20-/m0/s1. The van der Waals surface area contributed by atoms with Gasteiger partial charge in [-0.25, -0.2) is 0 Å². The average Bonchev–Trinajstić information content (AvgIpc) is 3.14. The van der Waals surface area contributed by atoms with Gasteiger partial charge in [-0.15, -0.1) is 0 Å². The van der Waals surface area contributed by atoms with Crippen LogP contribution in [0, 0.1) is 11.8 Å². The number of cyclic esters (lactones) is 1. The maximum absolute atomic E-state index is 12.5. The molecule has 1 aromatic rings. The molecular formula is C20H29NO3. The second kappa shape index (κ2) is 7.24. The molecule has 2 fully saturated rings. The van der Waals surface area contributed by atoms with Crippen LogP contribution in [0.1, 0.15) is 51.6 Å².